The molecule has 0 bridgehead atoms. The van der Waals surface area contributed by atoms with Crippen LogP contribution in [0, 0.1) is 0 Å². The van der Waals surface area contributed by atoms with Gasteiger partial charge in [0.1, 0.15) is 27.0 Å². The Kier molecular flexibility index (Phi) is 12.7. The van der Waals surface area contributed by atoms with Gasteiger partial charge in [0.25, 0.3) is 30.4 Å². The number of azo groups is 1. The number of halogens is 1. The van der Waals surface area contributed by atoms with Crippen LogP contribution in [0.2, 0.25) is 5.28 Å². The number of nitrogens with one attached hydrogen (secondary N) is 1. The van der Waals surface area contributed by atoms with Crippen molar-refractivity contribution in [3.63, 3.8) is 0 Å². The molecule has 1 aromatic heterocycles. The predicted octanol–water partition coefficient (Wildman–Crippen LogP) is 5.57. The number of phenols is 1. The minimum atomic E-state index is -5.36. The molecule has 5 aromatic carbocycles. The molecule has 328 valence electrons. The Labute approximate surface area is 357 Å². The van der Waals surface area contributed by atoms with Crippen LogP contribution < -0.4 is 5.32 Å². The van der Waals surface area contributed by atoms with Crippen molar-refractivity contribution < 1.29 is 69.6 Å². The van der Waals surface area contributed by atoms with Crippen molar-refractivity contribution in [1.82, 2.24) is 15.0 Å². The van der Waals surface area contributed by atoms with E-state index in [0.717, 1.165) is 18.2 Å². The first-order chi connectivity index (χ1) is 28.8. The van der Waals surface area contributed by atoms with Gasteiger partial charge in [-0.3, -0.25) is 18.2 Å². The van der Waals surface area contributed by atoms with Gasteiger partial charge in [-0.15, -0.1) is 10.2 Å². The fourth-order valence-corrected chi connectivity index (χ4v) is 9.99. The standard InChI is InChI=1S/C34H29ClN6O16S5/c1-2-23(19-7-5-8-21(14-19)58(43,44)13-12-57-62(54,55)56)32-37-33(35)39-34(38-32)36-26-17-22(59(45,46)47)15-20-16-27(60(48,49)50)29(30(42)28(20)26)41-40-25-11-10-18-6-3-4-9-24(18)31(25)61(51,52)53/h3-11,14-17,23,42H,2,12-13H2,1H3,(H,45,46,47)(H,48,49,50)(H,51,52,53)(H,54,55,56)(H,36,37,38,39). The van der Waals surface area contributed by atoms with E-state index in [2.05, 4.69) is 34.7 Å². The average molecular weight is 973 g/mol. The number of anilines is 2. The van der Waals surface area contributed by atoms with Crippen molar-refractivity contribution in [1.29, 1.82) is 0 Å². The van der Waals surface area contributed by atoms with Crippen LogP contribution in [-0.4, -0.2) is 92.7 Å². The molecule has 28 heteroatoms. The quantitative estimate of drug-likeness (QED) is 0.0541. The molecule has 1 unspecified atom stereocenters. The Morgan fingerprint density at radius 1 is 0.742 bits per heavy atom. The summed E-state index contributed by atoms with van der Waals surface area (Å²) >= 11 is 6.28. The summed E-state index contributed by atoms with van der Waals surface area (Å²) in [5.74, 6) is -3.31. The molecule has 0 saturated carbocycles. The first-order valence-electron chi connectivity index (χ1n) is 17.1. The predicted molar refractivity (Wildman–Crippen MR) is 219 cm³/mol. The maximum Gasteiger partial charge on any atom is 0.397 e. The molecule has 0 amide bonds. The van der Waals surface area contributed by atoms with E-state index in [-0.39, 0.29) is 22.5 Å². The van der Waals surface area contributed by atoms with Crippen LogP contribution in [-0.2, 0) is 54.8 Å². The highest BCUT2D eigenvalue weighted by atomic mass is 35.5. The zero-order valence-corrected chi connectivity index (χ0v) is 35.9. The van der Waals surface area contributed by atoms with E-state index in [0.29, 0.717) is 17.0 Å². The molecule has 0 aliphatic rings. The summed E-state index contributed by atoms with van der Waals surface area (Å²) in [4.78, 5) is 9.46. The van der Waals surface area contributed by atoms with Gasteiger partial charge in [-0.25, -0.2) is 17.6 Å². The van der Waals surface area contributed by atoms with Crippen molar-refractivity contribution in [2.24, 2.45) is 10.2 Å². The molecule has 1 heterocycles. The number of fused-ring (bicyclic) bond motifs is 2. The number of phenolic OH excluding ortho intramolecular Hbond substituents is 1. The summed E-state index contributed by atoms with van der Waals surface area (Å²) < 4.78 is 166. The van der Waals surface area contributed by atoms with Gasteiger partial charge in [0, 0.05) is 16.7 Å². The molecule has 6 N–H and O–H groups in total. The van der Waals surface area contributed by atoms with E-state index in [4.69, 9.17) is 16.2 Å². The van der Waals surface area contributed by atoms with Crippen LogP contribution in [0.25, 0.3) is 21.5 Å². The van der Waals surface area contributed by atoms with Crippen LogP contribution in [0.5, 0.6) is 5.75 Å². The minimum absolute atomic E-state index is 0.00397. The van der Waals surface area contributed by atoms with Crippen molar-refractivity contribution in [2.75, 3.05) is 17.7 Å². The Balaban J connectivity index is 1.49. The van der Waals surface area contributed by atoms with Gasteiger partial charge in [-0.1, -0.05) is 49.4 Å². The highest BCUT2D eigenvalue weighted by molar-refractivity contribution is 7.91. The van der Waals surface area contributed by atoms with Gasteiger partial charge in [-0.05, 0) is 70.8 Å². The highest BCUT2D eigenvalue weighted by Crippen LogP contribution is 2.46. The maximum atomic E-state index is 13.0. The van der Waals surface area contributed by atoms with Crippen molar-refractivity contribution in [3.05, 3.63) is 95.5 Å². The van der Waals surface area contributed by atoms with E-state index in [1.807, 2.05) is 0 Å². The second-order valence-corrected chi connectivity index (χ2v) is 20.6. The SMILES string of the molecule is CCC(c1cccc(S(=O)(=O)CCOS(=O)(=O)O)c1)c1nc(Cl)nc(Nc2cc(S(=O)(=O)O)cc3cc(S(=O)(=O)O)c(N=Nc4ccc5ccccc5c4S(=O)(=O)O)c(O)c23)n1. The summed E-state index contributed by atoms with van der Waals surface area (Å²) in [7, 11) is -24.6. The molecule has 62 heavy (non-hydrogen) atoms. The molecule has 0 radical (unpaired) electrons. The zero-order chi connectivity index (χ0) is 45.6. The molecule has 22 nitrogen and oxygen atoms in total. The van der Waals surface area contributed by atoms with E-state index in [1.54, 1.807) is 13.0 Å². The monoisotopic (exact) mass is 972 g/mol. The first-order valence-corrected chi connectivity index (χ1v) is 24.8. The van der Waals surface area contributed by atoms with Crippen LogP contribution in [0.3, 0.4) is 0 Å². The Morgan fingerprint density at radius 3 is 2.10 bits per heavy atom. The van der Waals surface area contributed by atoms with Gasteiger partial charge in [0.05, 0.1) is 27.8 Å². The number of rotatable bonds is 15. The fourth-order valence-electron chi connectivity index (χ4n) is 6.24. The van der Waals surface area contributed by atoms with Crippen molar-refractivity contribution >= 4 is 107 Å². The smallest absolute Gasteiger partial charge is 0.397 e. The van der Waals surface area contributed by atoms with Crippen LogP contribution >= 0.6 is 11.6 Å². The lowest BCUT2D eigenvalue weighted by atomic mass is 9.96. The second-order valence-electron chi connectivity index (χ2n) is 12.9. The summed E-state index contributed by atoms with van der Waals surface area (Å²) in [5, 5.41) is 20.8. The second kappa shape index (κ2) is 17.1. The topological polar surface area (TPSA) is 356 Å². The third-order valence-electron chi connectivity index (χ3n) is 8.87. The van der Waals surface area contributed by atoms with Gasteiger partial charge >= 0.3 is 10.4 Å². The lowest BCUT2D eigenvalue weighted by molar-refractivity contribution is 0.284. The van der Waals surface area contributed by atoms with Crippen LogP contribution in [0.1, 0.15) is 30.7 Å². The number of sulfone groups is 1. The van der Waals surface area contributed by atoms with E-state index < -0.39 is 128 Å². The zero-order valence-electron chi connectivity index (χ0n) is 31.1. The third kappa shape index (κ3) is 10.3. The van der Waals surface area contributed by atoms with E-state index in [1.165, 1.54) is 48.5 Å². The summed E-state index contributed by atoms with van der Waals surface area (Å²) in [6, 6.07) is 16.0. The molecule has 0 fully saturated rings. The van der Waals surface area contributed by atoms with Crippen LogP contribution in [0.4, 0.5) is 23.0 Å². The molecule has 6 rings (SSSR count). The highest BCUT2D eigenvalue weighted by Gasteiger charge is 2.28. The number of benzene rings is 5. The Hall–Kier alpha value is -5.33. The maximum absolute atomic E-state index is 13.0. The third-order valence-corrected chi connectivity index (χ3v) is 13.8. The molecule has 0 aliphatic carbocycles. The molecule has 0 aliphatic heterocycles. The number of aromatic hydroxyl groups is 1. The minimum Gasteiger partial charge on any atom is -0.505 e. The summed E-state index contributed by atoms with van der Waals surface area (Å²) in [5.41, 5.74) is -1.68. The van der Waals surface area contributed by atoms with Gasteiger partial charge in [0.15, 0.2) is 15.6 Å². The molecule has 0 spiro atoms. The first kappa shape index (κ1) is 46.2. The normalized spacial score (nSPS) is 13.5. The summed E-state index contributed by atoms with van der Waals surface area (Å²) in [6.45, 7) is 0.794. The lowest BCUT2D eigenvalue weighted by Crippen LogP contribution is -2.16. The summed E-state index contributed by atoms with van der Waals surface area (Å²) in [6.07, 6.45) is 0.195. The molecule has 1 atom stereocenters. The Morgan fingerprint density at radius 2 is 1.45 bits per heavy atom. The molecule has 6 aromatic rings. The molecule has 0 saturated heterocycles. The van der Waals surface area contributed by atoms with Crippen molar-refractivity contribution in [3.8, 4) is 5.75 Å². The average Bonchev–Trinajstić information content (AvgIpc) is 3.15. The van der Waals surface area contributed by atoms with Crippen molar-refractivity contribution in [2.45, 2.75) is 38.8 Å². The van der Waals surface area contributed by atoms with Gasteiger partial charge < -0.3 is 10.4 Å². The van der Waals surface area contributed by atoms with E-state index in [9.17, 15) is 60.9 Å². The lowest BCUT2D eigenvalue weighted by Gasteiger charge is -2.17. The van der Waals surface area contributed by atoms with Gasteiger partial charge in [-0.2, -0.15) is 43.6 Å². The molecular weight excluding hydrogens is 944 g/mol. The fraction of sp³-hybridized carbons (Fsp3) is 0.147. The largest absolute Gasteiger partial charge is 0.505 e. The van der Waals surface area contributed by atoms with Crippen LogP contribution in [0.15, 0.2) is 109 Å². The molecular formula is C34H29ClN6O16S5. The number of hydrogen-bond acceptors (Lipinski definition) is 18. The number of aromatic nitrogens is 3. The Bertz CT molecular complexity index is 3410. The number of hydrogen-bond donors (Lipinski definition) is 6. The number of nitrogens with zero attached hydrogens (tertiary/aromatic N) is 5. The van der Waals surface area contributed by atoms with E-state index >= 15 is 0 Å². The van der Waals surface area contributed by atoms with Gasteiger partial charge in [0.2, 0.25) is 11.2 Å².